The van der Waals surface area contributed by atoms with Gasteiger partial charge in [-0.3, -0.25) is 4.40 Å². The summed E-state index contributed by atoms with van der Waals surface area (Å²) in [5, 5.41) is 9.38. The summed E-state index contributed by atoms with van der Waals surface area (Å²) in [5.74, 6) is -1.37. The molecule has 1 atom stereocenters. The summed E-state index contributed by atoms with van der Waals surface area (Å²) in [4.78, 5) is 31.0. The molecule has 2 aromatic carbocycles. The molecule has 0 bridgehead atoms. The number of hydrogen-bond acceptors (Lipinski definition) is 5. The van der Waals surface area contributed by atoms with Gasteiger partial charge in [-0.25, -0.2) is 19.0 Å². The van der Waals surface area contributed by atoms with Crippen molar-refractivity contribution in [3.05, 3.63) is 59.0 Å². The zero-order valence-corrected chi connectivity index (χ0v) is 20.8. The summed E-state index contributed by atoms with van der Waals surface area (Å²) in [6, 6.07) is 8.28. The van der Waals surface area contributed by atoms with Gasteiger partial charge in [0, 0.05) is 18.3 Å². The number of rotatable bonds is 3. The maximum absolute atomic E-state index is 15.3. The van der Waals surface area contributed by atoms with Crippen LogP contribution in [0.3, 0.4) is 0 Å². The second-order valence-electron chi connectivity index (χ2n) is 9.89. The summed E-state index contributed by atoms with van der Waals surface area (Å²) in [5.41, 5.74) is 2.76. The van der Waals surface area contributed by atoms with E-state index >= 15 is 4.39 Å². The Labute approximate surface area is 205 Å². The third kappa shape index (κ3) is 4.25. The van der Waals surface area contributed by atoms with Crippen LogP contribution in [-0.4, -0.2) is 43.6 Å². The minimum Gasteiger partial charge on any atom is -0.478 e. The number of carbonyl (C=O) groups excluding carboxylic acids is 1. The van der Waals surface area contributed by atoms with E-state index in [-0.39, 0.29) is 17.7 Å². The smallest absolute Gasteiger partial charge is 0.410 e. The summed E-state index contributed by atoms with van der Waals surface area (Å²) < 4.78 is 23.5. The van der Waals surface area contributed by atoms with Gasteiger partial charge in [0.05, 0.1) is 27.5 Å². The van der Waals surface area contributed by atoms with Gasteiger partial charge in [0.1, 0.15) is 11.4 Å². The van der Waals surface area contributed by atoms with E-state index in [4.69, 9.17) is 4.74 Å². The predicted molar refractivity (Wildman–Crippen MR) is 133 cm³/mol. The molecule has 1 fully saturated rings. The van der Waals surface area contributed by atoms with E-state index in [1.165, 1.54) is 17.4 Å². The molecular formula is C26H26FN3O4S. The Morgan fingerprint density at radius 1 is 1.23 bits per heavy atom. The van der Waals surface area contributed by atoms with Crippen molar-refractivity contribution in [2.45, 2.75) is 52.2 Å². The maximum atomic E-state index is 15.3. The molecule has 1 aliphatic heterocycles. The number of carboxylic acids is 1. The quantitative estimate of drug-likeness (QED) is 0.354. The molecule has 9 heteroatoms. The fraction of sp³-hybridized carbons (Fsp3) is 0.346. The van der Waals surface area contributed by atoms with Gasteiger partial charge in [-0.1, -0.05) is 17.4 Å². The van der Waals surface area contributed by atoms with Gasteiger partial charge < -0.3 is 14.7 Å². The van der Waals surface area contributed by atoms with E-state index in [1.807, 2.05) is 37.3 Å². The Hall–Kier alpha value is -3.46. The molecule has 1 unspecified atom stereocenters. The first-order valence-electron chi connectivity index (χ1n) is 11.5. The van der Waals surface area contributed by atoms with E-state index in [2.05, 4.69) is 4.98 Å². The Morgan fingerprint density at radius 2 is 2.00 bits per heavy atom. The molecule has 1 N–H and O–H groups in total. The number of amides is 1. The number of thiazole rings is 1. The lowest BCUT2D eigenvalue weighted by Crippen LogP contribution is -2.36. The molecule has 1 amide bonds. The lowest BCUT2D eigenvalue weighted by molar-refractivity contribution is 0.0224. The second-order valence-corrected chi connectivity index (χ2v) is 10.9. The van der Waals surface area contributed by atoms with Crippen LogP contribution in [0.1, 0.15) is 61.1 Å². The normalized spacial score (nSPS) is 16.4. The molecule has 0 radical (unpaired) electrons. The molecule has 3 heterocycles. The van der Waals surface area contributed by atoms with E-state index in [0.29, 0.717) is 28.3 Å². The van der Waals surface area contributed by atoms with Gasteiger partial charge in [-0.05, 0) is 75.9 Å². The van der Waals surface area contributed by atoms with Crippen molar-refractivity contribution < 1.29 is 23.8 Å². The van der Waals surface area contributed by atoms with Crippen LogP contribution < -0.4 is 0 Å². The number of likely N-dealkylation sites (tertiary alicyclic amines) is 1. The molecule has 2 aromatic heterocycles. The van der Waals surface area contributed by atoms with Gasteiger partial charge in [-0.15, -0.1) is 0 Å². The highest BCUT2D eigenvalue weighted by molar-refractivity contribution is 7.23. The van der Waals surface area contributed by atoms with E-state index in [1.54, 1.807) is 30.2 Å². The summed E-state index contributed by atoms with van der Waals surface area (Å²) in [7, 11) is 0. The van der Waals surface area contributed by atoms with Crippen molar-refractivity contribution in [1.29, 1.82) is 0 Å². The number of fused-ring (bicyclic) bond motifs is 3. The number of halogens is 1. The third-order valence-electron chi connectivity index (χ3n) is 6.21. The number of aryl methyl sites for hydroxylation is 1. The highest BCUT2D eigenvalue weighted by Gasteiger charge is 2.33. The van der Waals surface area contributed by atoms with Crippen molar-refractivity contribution in [2.75, 3.05) is 6.54 Å². The monoisotopic (exact) mass is 495 g/mol. The number of nitrogens with zero attached hydrogens (tertiary/aromatic N) is 3. The van der Waals surface area contributed by atoms with Crippen molar-refractivity contribution in [3.63, 3.8) is 0 Å². The molecule has 0 aliphatic carbocycles. The van der Waals surface area contributed by atoms with Crippen molar-refractivity contribution >= 4 is 38.6 Å². The van der Waals surface area contributed by atoms with Crippen LogP contribution in [0.4, 0.5) is 9.18 Å². The van der Waals surface area contributed by atoms with Crippen LogP contribution in [0.2, 0.25) is 0 Å². The van der Waals surface area contributed by atoms with Gasteiger partial charge in [0.25, 0.3) is 0 Å². The van der Waals surface area contributed by atoms with Gasteiger partial charge in [0.15, 0.2) is 4.96 Å². The molecule has 182 valence electrons. The summed E-state index contributed by atoms with van der Waals surface area (Å²) in [6.45, 7) is 7.82. The fourth-order valence-electron chi connectivity index (χ4n) is 4.61. The van der Waals surface area contributed by atoms with Crippen LogP contribution in [0.25, 0.3) is 26.4 Å². The van der Waals surface area contributed by atoms with Crippen LogP contribution in [0, 0.1) is 12.7 Å². The number of benzene rings is 2. The molecule has 4 aromatic rings. The predicted octanol–water partition coefficient (Wildman–Crippen LogP) is 6.43. The third-order valence-corrected chi connectivity index (χ3v) is 7.22. The number of ether oxygens (including phenoxy) is 1. The first kappa shape index (κ1) is 23.3. The van der Waals surface area contributed by atoms with E-state index in [0.717, 1.165) is 28.6 Å². The molecule has 5 rings (SSSR count). The molecule has 35 heavy (non-hydrogen) atoms. The van der Waals surface area contributed by atoms with Crippen molar-refractivity contribution in [3.8, 4) is 11.3 Å². The second kappa shape index (κ2) is 8.34. The largest absolute Gasteiger partial charge is 0.478 e. The number of hydrogen-bond donors (Lipinski definition) is 1. The first-order valence-corrected chi connectivity index (χ1v) is 12.3. The maximum Gasteiger partial charge on any atom is 0.410 e. The highest BCUT2D eigenvalue weighted by atomic mass is 32.1. The number of aromatic nitrogens is 2. The molecule has 0 spiro atoms. The summed E-state index contributed by atoms with van der Waals surface area (Å²) in [6.07, 6.45) is 2.98. The number of carbonyl (C=O) groups is 2. The Balaban J connectivity index is 1.46. The van der Waals surface area contributed by atoms with Gasteiger partial charge in [-0.2, -0.15) is 0 Å². The SMILES string of the molecule is Cc1cc2c(cc1C(=O)O)sc1nc(-c3ccc(C4CCCN4C(=O)OC(C)(C)C)cc3F)cn12. The van der Waals surface area contributed by atoms with Crippen LogP contribution >= 0.6 is 11.3 Å². The van der Waals surface area contributed by atoms with Crippen LogP contribution in [0.15, 0.2) is 36.5 Å². The van der Waals surface area contributed by atoms with Crippen molar-refractivity contribution in [1.82, 2.24) is 14.3 Å². The zero-order chi connectivity index (χ0) is 25.1. The van der Waals surface area contributed by atoms with Crippen LogP contribution in [-0.2, 0) is 4.74 Å². The minimum absolute atomic E-state index is 0.228. The topological polar surface area (TPSA) is 84.1 Å². The Kier molecular flexibility index (Phi) is 5.55. The van der Waals surface area contributed by atoms with Gasteiger partial charge in [0.2, 0.25) is 0 Å². The average molecular weight is 496 g/mol. The average Bonchev–Trinajstić information content (AvgIpc) is 3.46. The number of carboxylic acid groups (broad SMARTS) is 1. The number of imidazole rings is 1. The zero-order valence-electron chi connectivity index (χ0n) is 20.0. The highest BCUT2D eigenvalue weighted by Crippen LogP contribution is 2.36. The molecule has 1 aliphatic rings. The molecule has 7 nitrogen and oxygen atoms in total. The molecular weight excluding hydrogens is 469 g/mol. The van der Waals surface area contributed by atoms with E-state index < -0.39 is 17.4 Å². The minimum atomic E-state index is -0.967. The Morgan fingerprint density at radius 3 is 2.69 bits per heavy atom. The lowest BCUT2D eigenvalue weighted by Gasteiger charge is -2.29. The molecule has 1 saturated heterocycles. The molecule has 0 saturated carbocycles. The first-order chi connectivity index (χ1) is 16.5. The Bertz CT molecular complexity index is 1480. The number of aromatic carboxylic acids is 1. The lowest BCUT2D eigenvalue weighted by atomic mass is 10.0. The summed E-state index contributed by atoms with van der Waals surface area (Å²) >= 11 is 1.36. The van der Waals surface area contributed by atoms with Gasteiger partial charge >= 0.3 is 12.1 Å². The van der Waals surface area contributed by atoms with E-state index in [9.17, 15) is 14.7 Å². The van der Waals surface area contributed by atoms with Crippen molar-refractivity contribution in [2.24, 2.45) is 0 Å². The van der Waals surface area contributed by atoms with Crippen LogP contribution in [0.5, 0.6) is 0 Å². The fourth-order valence-corrected chi connectivity index (χ4v) is 5.64. The standard InChI is InChI=1S/C26H26FN3O4S/c1-14-10-21-22(12-17(14)23(31)32)35-24-28-19(13-30(21)24)16-8-7-15(11-18(16)27)20-6-5-9-29(20)25(33)34-26(2,3)4/h7-8,10-13,20H,5-6,9H2,1-4H3,(H,31,32).